The molecule has 1 aliphatic carbocycles. The summed E-state index contributed by atoms with van der Waals surface area (Å²) in [5.41, 5.74) is 0. The molecule has 0 radical (unpaired) electrons. The zero-order valence-electron chi connectivity index (χ0n) is 10.0. The van der Waals surface area contributed by atoms with E-state index in [1.807, 2.05) is 4.68 Å². The first-order valence-corrected chi connectivity index (χ1v) is 6.38. The third-order valence-corrected chi connectivity index (χ3v) is 2.96. The molecule has 0 atom stereocenters. The Morgan fingerprint density at radius 3 is 2.94 bits per heavy atom. The second kappa shape index (κ2) is 5.94. The standard InChI is InChI=1S/C11H21N5/c1-2-3-4-5-8-16-11(13-14-15-16)9-12-10-6-7-10/h10,12H,2-9H2,1H3. The van der Waals surface area contributed by atoms with Crippen LogP contribution in [-0.2, 0) is 13.1 Å². The van der Waals surface area contributed by atoms with E-state index in [9.17, 15) is 0 Å². The third-order valence-electron chi connectivity index (χ3n) is 2.96. The monoisotopic (exact) mass is 223 g/mol. The van der Waals surface area contributed by atoms with Gasteiger partial charge in [-0.25, -0.2) is 4.68 Å². The van der Waals surface area contributed by atoms with Crippen LogP contribution < -0.4 is 5.32 Å². The highest BCUT2D eigenvalue weighted by molar-refractivity contribution is 4.86. The maximum Gasteiger partial charge on any atom is 0.165 e. The summed E-state index contributed by atoms with van der Waals surface area (Å²) in [7, 11) is 0. The Bertz CT molecular complexity index is 305. The number of hydrogen-bond acceptors (Lipinski definition) is 4. The average molecular weight is 223 g/mol. The summed E-state index contributed by atoms with van der Waals surface area (Å²) in [6.07, 6.45) is 7.63. The molecule has 0 bridgehead atoms. The van der Waals surface area contributed by atoms with Crippen LogP contribution in [0.1, 0.15) is 51.3 Å². The van der Waals surface area contributed by atoms with Gasteiger partial charge in [-0.3, -0.25) is 0 Å². The molecule has 0 spiro atoms. The molecule has 5 heteroatoms. The number of unbranched alkanes of at least 4 members (excludes halogenated alkanes) is 3. The lowest BCUT2D eigenvalue weighted by Gasteiger charge is -2.04. The molecule has 1 fully saturated rings. The van der Waals surface area contributed by atoms with Gasteiger partial charge in [0.2, 0.25) is 0 Å². The van der Waals surface area contributed by atoms with Crippen LogP contribution in [-0.4, -0.2) is 26.2 Å². The molecule has 1 aliphatic rings. The number of tetrazole rings is 1. The fraction of sp³-hybridized carbons (Fsp3) is 0.909. The molecule has 0 saturated heterocycles. The molecule has 0 aromatic carbocycles. The van der Waals surface area contributed by atoms with Crippen molar-refractivity contribution in [1.29, 1.82) is 0 Å². The fourth-order valence-electron chi connectivity index (χ4n) is 1.73. The predicted molar refractivity (Wildman–Crippen MR) is 61.8 cm³/mol. The largest absolute Gasteiger partial charge is 0.307 e. The molecule has 2 rings (SSSR count). The Morgan fingerprint density at radius 2 is 2.19 bits per heavy atom. The molecular weight excluding hydrogens is 202 g/mol. The van der Waals surface area contributed by atoms with E-state index in [0.29, 0.717) is 6.04 Å². The van der Waals surface area contributed by atoms with Crippen LogP contribution in [0.3, 0.4) is 0 Å². The maximum absolute atomic E-state index is 4.05. The normalized spacial score (nSPS) is 15.6. The average Bonchev–Trinajstić information content (AvgIpc) is 3.02. The maximum atomic E-state index is 4.05. The summed E-state index contributed by atoms with van der Waals surface area (Å²) in [5.74, 6) is 0.975. The summed E-state index contributed by atoms with van der Waals surface area (Å²) in [4.78, 5) is 0. The van der Waals surface area contributed by atoms with Crippen LogP contribution in [0.4, 0.5) is 0 Å². The number of aryl methyl sites for hydroxylation is 1. The van der Waals surface area contributed by atoms with Crippen molar-refractivity contribution < 1.29 is 0 Å². The van der Waals surface area contributed by atoms with Gasteiger partial charge in [0.1, 0.15) is 0 Å². The Hall–Kier alpha value is -0.970. The van der Waals surface area contributed by atoms with E-state index in [2.05, 4.69) is 27.8 Å². The molecule has 0 amide bonds. The molecule has 1 aromatic heterocycles. The molecule has 1 heterocycles. The third kappa shape index (κ3) is 3.56. The van der Waals surface area contributed by atoms with Gasteiger partial charge in [-0.05, 0) is 29.7 Å². The molecule has 0 aliphatic heterocycles. The lowest BCUT2D eigenvalue weighted by Crippen LogP contribution is -2.19. The minimum Gasteiger partial charge on any atom is -0.307 e. The van der Waals surface area contributed by atoms with Crippen LogP contribution in [0.25, 0.3) is 0 Å². The first-order chi connectivity index (χ1) is 7.90. The van der Waals surface area contributed by atoms with E-state index >= 15 is 0 Å². The molecule has 1 saturated carbocycles. The Labute approximate surface area is 96.6 Å². The van der Waals surface area contributed by atoms with E-state index < -0.39 is 0 Å². The van der Waals surface area contributed by atoms with Gasteiger partial charge in [-0.15, -0.1) is 5.10 Å². The smallest absolute Gasteiger partial charge is 0.165 e. The highest BCUT2D eigenvalue weighted by atomic mass is 15.5. The first-order valence-electron chi connectivity index (χ1n) is 6.38. The topological polar surface area (TPSA) is 55.6 Å². The zero-order chi connectivity index (χ0) is 11.2. The van der Waals surface area contributed by atoms with Gasteiger partial charge in [0.25, 0.3) is 0 Å². The molecule has 5 nitrogen and oxygen atoms in total. The number of nitrogens with one attached hydrogen (secondary N) is 1. The SMILES string of the molecule is CCCCCCn1nnnc1CNC1CC1. The van der Waals surface area contributed by atoms with Crippen LogP contribution >= 0.6 is 0 Å². The first kappa shape index (κ1) is 11.5. The minimum absolute atomic E-state index is 0.713. The zero-order valence-corrected chi connectivity index (χ0v) is 10.0. The Morgan fingerprint density at radius 1 is 1.31 bits per heavy atom. The van der Waals surface area contributed by atoms with Gasteiger partial charge in [-0.1, -0.05) is 26.2 Å². The number of aromatic nitrogens is 4. The van der Waals surface area contributed by atoms with Gasteiger partial charge < -0.3 is 5.32 Å². The summed E-state index contributed by atoms with van der Waals surface area (Å²) in [6, 6.07) is 0.713. The van der Waals surface area contributed by atoms with Crippen molar-refractivity contribution in [2.45, 2.75) is 64.6 Å². The van der Waals surface area contributed by atoms with Crippen molar-refractivity contribution in [3.63, 3.8) is 0 Å². The van der Waals surface area contributed by atoms with Gasteiger partial charge >= 0.3 is 0 Å². The minimum atomic E-state index is 0.713. The summed E-state index contributed by atoms with van der Waals surface area (Å²) in [6.45, 7) is 3.99. The fourth-order valence-corrected chi connectivity index (χ4v) is 1.73. The van der Waals surface area contributed by atoms with E-state index in [1.54, 1.807) is 0 Å². The van der Waals surface area contributed by atoms with Gasteiger partial charge in [0.05, 0.1) is 6.54 Å². The van der Waals surface area contributed by atoms with E-state index in [-0.39, 0.29) is 0 Å². The number of hydrogen-bond donors (Lipinski definition) is 1. The Balaban J connectivity index is 1.71. The Kier molecular flexibility index (Phi) is 4.27. The molecular formula is C11H21N5. The highest BCUT2D eigenvalue weighted by Gasteiger charge is 2.21. The molecule has 1 aromatic rings. The summed E-state index contributed by atoms with van der Waals surface area (Å²) < 4.78 is 1.94. The van der Waals surface area contributed by atoms with Crippen molar-refractivity contribution >= 4 is 0 Å². The van der Waals surface area contributed by atoms with Crippen molar-refractivity contribution in [2.75, 3.05) is 0 Å². The molecule has 90 valence electrons. The van der Waals surface area contributed by atoms with Crippen LogP contribution in [0.2, 0.25) is 0 Å². The predicted octanol–water partition coefficient (Wildman–Crippen LogP) is 1.51. The number of nitrogens with zero attached hydrogens (tertiary/aromatic N) is 4. The van der Waals surface area contributed by atoms with E-state index in [4.69, 9.17) is 0 Å². The van der Waals surface area contributed by atoms with Crippen molar-refractivity contribution in [3.05, 3.63) is 5.82 Å². The van der Waals surface area contributed by atoms with Gasteiger partial charge in [0, 0.05) is 12.6 Å². The summed E-state index contributed by atoms with van der Waals surface area (Å²) in [5, 5.41) is 15.3. The van der Waals surface area contributed by atoms with Crippen LogP contribution in [0.15, 0.2) is 0 Å². The summed E-state index contributed by atoms with van der Waals surface area (Å²) >= 11 is 0. The van der Waals surface area contributed by atoms with Crippen LogP contribution in [0, 0.1) is 0 Å². The van der Waals surface area contributed by atoms with Crippen LogP contribution in [0.5, 0.6) is 0 Å². The van der Waals surface area contributed by atoms with Crippen molar-refractivity contribution in [1.82, 2.24) is 25.5 Å². The van der Waals surface area contributed by atoms with Crippen molar-refractivity contribution in [3.8, 4) is 0 Å². The van der Waals surface area contributed by atoms with E-state index in [0.717, 1.165) is 18.9 Å². The van der Waals surface area contributed by atoms with E-state index in [1.165, 1.54) is 38.5 Å². The van der Waals surface area contributed by atoms with Gasteiger partial charge in [0.15, 0.2) is 5.82 Å². The van der Waals surface area contributed by atoms with Gasteiger partial charge in [-0.2, -0.15) is 0 Å². The lowest BCUT2D eigenvalue weighted by atomic mass is 10.2. The van der Waals surface area contributed by atoms with Crippen molar-refractivity contribution in [2.24, 2.45) is 0 Å². The molecule has 16 heavy (non-hydrogen) atoms. The number of rotatable bonds is 8. The second-order valence-corrected chi connectivity index (χ2v) is 4.53. The molecule has 0 unspecified atom stereocenters. The lowest BCUT2D eigenvalue weighted by molar-refractivity contribution is 0.499. The second-order valence-electron chi connectivity index (χ2n) is 4.53. The quantitative estimate of drug-likeness (QED) is 0.679. The highest BCUT2D eigenvalue weighted by Crippen LogP contribution is 2.18. The molecule has 1 N–H and O–H groups in total.